The van der Waals surface area contributed by atoms with E-state index in [-0.39, 0.29) is 36.8 Å². The summed E-state index contributed by atoms with van der Waals surface area (Å²) in [5.74, 6) is -0.184. The van der Waals surface area contributed by atoms with Gasteiger partial charge in [-0.3, -0.25) is 4.79 Å². The molecular formula is C42H50N4O5. The lowest BCUT2D eigenvalue weighted by atomic mass is 9.80. The minimum Gasteiger partial charge on any atom is -0.444 e. The van der Waals surface area contributed by atoms with Gasteiger partial charge in [-0.25, -0.2) is 9.78 Å². The fourth-order valence-corrected chi connectivity index (χ4v) is 8.12. The quantitative estimate of drug-likeness (QED) is 0.217. The Kier molecular flexibility index (Phi) is 10.0. The van der Waals surface area contributed by atoms with E-state index >= 15 is 0 Å². The third-order valence-electron chi connectivity index (χ3n) is 10.6. The zero-order valence-corrected chi connectivity index (χ0v) is 30.0. The average molecular weight is 691 g/mol. The Bertz CT molecular complexity index is 1790. The molecular weight excluding hydrogens is 640 g/mol. The Balaban J connectivity index is 1.18. The van der Waals surface area contributed by atoms with Gasteiger partial charge in [0, 0.05) is 25.2 Å². The van der Waals surface area contributed by atoms with Crippen molar-refractivity contribution in [3.63, 3.8) is 0 Å². The van der Waals surface area contributed by atoms with E-state index in [0.717, 1.165) is 43.2 Å². The minimum atomic E-state index is -1.12. The number of carbonyl (C=O) groups is 2. The number of carbonyl (C=O) groups excluding carboxylic acids is 2. The first-order valence-corrected chi connectivity index (χ1v) is 18.4. The Morgan fingerprint density at radius 1 is 0.902 bits per heavy atom. The summed E-state index contributed by atoms with van der Waals surface area (Å²) >= 11 is 0. The number of hydrogen-bond acceptors (Lipinski definition) is 6. The molecule has 1 aliphatic heterocycles. The van der Waals surface area contributed by atoms with E-state index in [1.54, 1.807) is 11.2 Å². The van der Waals surface area contributed by atoms with Gasteiger partial charge >= 0.3 is 6.09 Å². The summed E-state index contributed by atoms with van der Waals surface area (Å²) in [6, 6.07) is 27.8. The fourth-order valence-electron chi connectivity index (χ4n) is 8.12. The molecule has 7 rings (SSSR count). The van der Waals surface area contributed by atoms with Crippen LogP contribution in [0.25, 0.3) is 11.3 Å². The average Bonchev–Trinajstić information content (AvgIpc) is 3.75. The first-order chi connectivity index (χ1) is 24.6. The molecule has 3 aliphatic rings. The summed E-state index contributed by atoms with van der Waals surface area (Å²) in [5, 5.41) is 12.4. The standard InChI is InChI=1S/C42H50N4O5/c1-41(2,3)51-40(48)44-22-23-45(34(27-44)24-30-14-6-4-7-15-30)39(47)37-38(31-16-8-5-9-17-31)46(29-43-37)36-20-12-13-21-42(36,49)28-50-35-25-32-18-10-11-19-33(32)26-35/h4-11,14-19,29,34-36,49H,12-13,20-28H2,1-3H3/t34-,36+,42?/m1/s1. The second-order valence-electron chi connectivity index (χ2n) is 15.5. The van der Waals surface area contributed by atoms with Gasteiger partial charge in [-0.2, -0.15) is 0 Å². The number of imidazole rings is 1. The van der Waals surface area contributed by atoms with Crippen LogP contribution in [0.2, 0.25) is 0 Å². The predicted octanol–water partition coefficient (Wildman–Crippen LogP) is 6.88. The van der Waals surface area contributed by atoms with E-state index in [0.29, 0.717) is 43.9 Å². The highest BCUT2D eigenvalue weighted by Crippen LogP contribution is 2.42. The number of fused-ring (bicyclic) bond motifs is 1. The van der Waals surface area contributed by atoms with Crippen molar-refractivity contribution in [2.45, 2.75) is 95.1 Å². The van der Waals surface area contributed by atoms with Crippen LogP contribution < -0.4 is 0 Å². The van der Waals surface area contributed by atoms with Crippen molar-refractivity contribution < 1.29 is 24.2 Å². The zero-order valence-electron chi connectivity index (χ0n) is 30.0. The third-order valence-corrected chi connectivity index (χ3v) is 10.6. The highest BCUT2D eigenvalue weighted by Gasteiger charge is 2.44. The molecule has 1 unspecified atom stereocenters. The smallest absolute Gasteiger partial charge is 0.410 e. The van der Waals surface area contributed by atoms with Gasteiger partial charge in [0.2, 0.25) is 0 Å². The van der Waals surface area contributed by atoms with Crippen LogP contribution >= 0.6 is 0 Å². The Morgan fingerprint density at radius 2 is 1.57 bits per heavy atom. The van der Waals surface area contributed by atoms with Crippen molar-refractivity contribution in [3.05, 3.63) is 114 Å². The Morgan fingerprint density at radius 3 is 2.25 bits per heavy atom. The molecule has 1 aromatic heterocycles. The monoisotopic (exact) mass is 690 g/mol. The predicted molar refractivity (Wildman–Crippen MR) is 196 cm³/mol. The maximum atomic E-state index is 14.8. The summed E-state index contributed by atoms with van der Waals surface area (Å²) < 4.78 is 14.3. The number of benzene rings is 3. The second kappa shape index (κ2) is 14.6. The highest BCUT2D eigenvalue weighted by molar-refractivity contribution is 5.98. The first kappa shape index (κ1) is 35.0. The van der Waals surface area contributed by atoms with Gasteiger partial charge in [-0.1, -0.05) is 97.8 Å². The van der Waals surface area contributed by atoms with Gasteiger partial charge in [0.15, 0.2) is 5.69 Å². The summed E-state index contributed by atoms with van der Waals surface area (Å²) in [6.45, 7) is 6.86. The summed E-state index contributed by atoms with van der Waals surface area (Å²) in [5.41, 5.74) is 3.89. The van der Waals surface area contributed by atoms with Crippen LogP contribution in [0.1, 0.15) is 79.7 Å². The lowest BCUT2D eigenvalue weighted by Gasteiger charge is -2.42. The van der Waals surface area contributed by atoms with E-state index < -0.39 is 11.2 Å². The highest BCUT2D eigenvalue weighted by atomic mass is 16.6. The van der Waals surface area contributed by atoms with Crippen LogP contribution in [0, 0.1) is 0 Å². The van der Waals surface area contributed by atoms with Crippen LogP contribution in [0.3, 0.4) is 0 Å². The molecule has 51 heavy (non-hydrogen) atoms. The summed E-state index contributed by atoms with van der Waals surface area (Å²) in [7, 11) is 0. The molecule has 4 aromatic rings. The van der Waals surface area contributed by atoms with E-state index in [2.05, 4.69) is 36.4 Å². The van der Waals surface area contributed by atoms with Crippen molar-refractivity contribution in [3.8, 4) is 11.3 Å². The van der Waals surface area contributed by atoms with Crippen molar-refractivity contribution >= 4 is 12.0 Å². The maximum Gasteiger partial charge on any atom is 0.410 e. The molecule has 1 N–H and O–H groups in total. The fraction of sp³-hybridized carbons (Fsp3) is 0.452. The molecule has 9 nitrogen and oxygen atoms in total. The number of rotatable bonds is 8. The number of amides is 2. The second-order valence-corrected chi connectivity index (χ2v) is 15.5. The Labute approximate surface area is 301 Å². The molecule has 268 valence electrons. The van der Waals surface area contributed by atoms with Crippen LogP contribution in [0.15, 0.2) is 91.3 Å². The number of nitrogens with zero attached hydrogens (tertiary/aromatic N) is 4. The molecule has 1 saturated carbocycles. The molecule has 2 fully saturated rings. The molecule has 2 aliphatic carbocycles. The van der Waals surface area contributed by atoms with Crippen LogP contribution in [0.4, 0.5) is 4.79 Å². The zero-order chi connectivity index (χ0) is 35.6. The molecule has 9 heteroatoms. The van der Waals surface area contributed by atoms with Crippen molar-refractivity contribution in [2.75, 3.05) is 26.2 Å². The molecule has 0 spiro atoms. The molecule has 3 aromatic carbocycles. The van der Waals surface area contributed by atoms with Gasteiger partial charge in [-0.05, 0) is 69.6 Å². The van der Waals surface area contributed by atoms with Crippen LogP contribution in [0.5, 0.6) is 0 Å². The number of aromatic nitrogens is 2. The van der Waals surface area contributed by atoms with E-state index in [4.69, 9.17) is 14.5 Å². The van der Waals surface area contributed by atoms with Gasteiger partial charge in [0.05, 0.1) is 36.8 Å². The summed E-state index contributed by atoms with van der Waals surface area (Å²) in [4.78, 5) is 36.4. The number of aliphatic hydroxyl groups is 1. The topological polar surface area (TPSA) is 97.1 Å². The van der Waals surface area contributed by atoms with Crippen molar-refractivity contribution in [1.82, 2.24) is 19.4 Å². The molecule has 2 heterocycles. The molecule has 3 atom stereocenters. The lowest BCUT2D eigenvalue weighted by molar-refractivity contribution is -0.115. The van der Waals surface area contributed by atoms with Gasteiger partial charge in [-0.15, -0.1) is 0 Å². The van der Waals surface area contributed by atoms with Gasteiger partial charge < -0.3 is 28.9 Å². The third kappa shape index (κ3) is 7.75. The van der Waals surface area contributed by atoms with E-state index in [9.17, 15) is 14.7 Å². The Hall–Kier alpha value is -4.47. The summed E-state index contributed by atoms with van der Waals surface area (Å²) in [6.07, 6.45) is 6.91. The number of piperazine rings is 1. The van der Waals surface area contributed by atoms with Gasteiger partial charge in [0.25, 0.3) is 5.91 Å². The first-order valence-electron chi connectivity index (χ1n) is 18.4. The molecule has 2 amide bonds. The van der Waals surface area contributed by atoms with Crippen LogP contribution in [-0.4, -0.2) is 86.0 Å². The van der Waals surface area contributed by atoms with E-state index in [1.165, 1.54) is 11.1 Å². The van der Waals surface area contributed by atoms with Crippen molar-refractivity contribution in [2.24, 2.45) is 0 Å². The van der Waals surface area contributed by atoms with E-state index in [1.807, 2.05) is 78.8 Å². The SMILES string of the molecule is CC(C)(C)OC(=O)N1CCN(C(=O)c2ncn([C@H]3CCCCC3(O)COC3Cc4ccccc4C3)c2-c2ccccc2)[C@H](Cc2ccccc2)C1. The van der Waals surface area contributed by atoms with Gasteiger partial charge in [0.1, 0.15) is 11.2 Å². The molecule has 0 bridgehead atoms. The molecule has 1 saturated heterocycles. The molecule has 0 radical (unpaired) electrons. The number of ether oxygens (including phenoxy) is 2. The lowest BCUT2D eigenvalue weighted by Crippen LogP contribution is -2.58. The van der Waals surface area contributed by atoms with Crippen LogP contribution in [-0.2, 0) is 28.7 Å². The minimum absolute atomic E-state index is 0.0309. The maximum absolute atomic E-state index is 14.8. The normalized spacial score (nSPS) is 22.5. The van der Waals surface area contributed by atoms with Crippen molar-refractivity contribution in [1.29, 1.82) is 0 Å². The number of hydrogen-bond donors (Lipinski definition) is 1. The largest absolute Gasteiger partial charge is 0.444 e.